The summed E-state index contributed by atoms with van der Waals surface area (Å²) >= 11 is 1.36. The van der Waals surface area contributed by atoms with Crippen LogP contribution in [0.4, 0.5) is 0 Å². The Kier molecular flexibility index (Phi) is 12.6. The van der Waals surface area contributed by atoms with Crippen LogP contribution in [0.3, 0.4) is 0 Å². The molecule has 0 saturated carbocycles. The van der Waals surface area contributed by atoms with Crippen molar-refractivity contribution in [3.8, 4) is 0 Å². The summed E-state index contributed by atoms with van der Waals surface area (Å²) in [4.78, 5) is 21.1. The molecule has 82 valence electrons. The van der Waals surface area contributed by atoms with Crippen molar-refractivity contribution in [2.75, 3.05) is 18.1 Å². The zero-order valence-corrected chi connectivity index (χ0v) is 11.8. The van der Waals surface area contributed by atoms with Crippen molar-refractivity contribution in [2.45, 2.75) is 19.4 Å². The molecule has 0 rings (SSSR count). The van der Waals surface area contributed by atoms with Gasteiger partial charge in [0.15, 0.2) is 0 Å². The van der Waals surface area contributed by atoms with Gasteiger partial charge in [-0.2, -0.15) is 11.8 Å². The molecular formula is C8H14NNaO4S. The van der Waals surface area contributed by atoms with Crippen LogP contribution in [0.2, 0.25) is 0 Å². The topological polar surface area (TPSA) is 89.5 Å². The van der Waals surface area contributed by atoms with E-state index in [-0.39, 0.29) is 47.8 Å². The van der Waals surface area contributed by atoms with Gasteiger partial charge in [-0.05, 0) is 12.2 Å². The molecule has 0 heterocycles. The van der Waals surface area contributed by atoms with Crippen molar-refractivity contribution in [2.24, 2.45) is 0 Å². The molecule has 0 aliphatic rings. The van der Waals surface area contributed by atoms with Crippen molar-refractivity contribution in [3.63, 3.8) is 0 Å². The number of amides is 1. The first kappa shape index (κ1) is 17.6. The zero-order chi connectivity index (χ0) is 11.0. The molecule has 1 amide bonds. The standard InChI is InChI=1S/C8H15NO4S.Na/c1-6(11)9-7(8(12)13)5-14-4-2-3-10;/h7,10H,2-5H2,1H3,(H,9,11)(H,12,13);/q;+1/p-1/t7-;/m0./s1. The number of aliphatic hydroxyl groups is 1. The summed E-state index contributed by atoms with van der Waals surface area (Å²) < 4.78 is 0. The summed E-state index contributed by atoms with van der Waals surface area (Å²) in [5.74, 6) is -0.736. The first-order chi connectivity index (χ1) is 6.57. The minimum atomic E-state index is -1.28. The van der Waals surface area contributed by atoms with Gasteiger partial charge in [0.2, 0.25) is 5.91 Å². The molecule has 0 aliphatic heterocycles. The molecule has 15 heavy (non-hydrogen) atoms. The first-order valence-corrected chi connectivity index (χ1v) is 5.40. The fourth-order valence-corrected chi connectivity index (χ4v) is 1.74. The smallest absolute Gasteiger partial charge is 0.548 e. The van der Waals surface area contributed by atoms with Gasteiger partial charge in [0, 0.05) is 19.3 Å². The van der Waals surface area contributed by atoms with Gasteiger partial charge in [0.1, 0.15) is 0 Å². The van der Waals surface area contributed by atoms with E-state index in [1.807, 2.05) is 0 Å². The second-order valence-electron chi connectivity index (χ2n) is 2.72. The van der Waals surface area contributed by atoms with E-state index in [4.69, 9.17) is 5.11 Å². The van der Waals surface area contributed by atoms with Crippen LogP contribution in [0, 0.1) is 0 Å². The predicted molar refractivity (Wildman–Crippen MR) is 51.6 cm³/mol. The molecule has 0 bridgehead atoms. The van der Waals surface area contributed by atoms with Gasteiger partial charge in [0.05, 0.1) is 12.0 Å². The maximum Gasteiger partial charge on any atom is 1.00 e. The fraction of sp³-hybridized carbons (Fsp3) is 0.750. The number of thioether (sulfide) groups is 1. The minimum absolute atomic E-state index is 0. The number of carbonyl (C=O) groups excluding carboxylic acids is 2. The quantitative estimate of drug-likeness (QED) is 0.347. The molecule has 0 radical (unpaired) electrons. The van der Waals surface area contributed by atoms with Crippen molar-refractivity contribution in [1.29, 1.82) is 0 Å². The SMILES string of the molecule is CC(=O)N[C@@H](CSCCCO)C(=O)[O-].[Na+]. The van der Waals surface area contributed by atoms with Gasteiger partial charge in [-0.3, -0.25) is 4.79 Å². The van der Waals surface area contributed by atoms with E-state index in [2.05, 4.69) is 5.32 Å². The van der Waals surface area contributed by atoms with Crippen LogP contribution >= 0.6 is 11.8 Å². The molecule has 0 aliphatic carbocycles. The van der Waals surface area contributed by atoms with E-state index in [9.17, 15) is 14.7 Å². The van der Waals surface area contributed by atoms with Gasteiger partial charge in [0.25, 0.3) is 0 Å². The van der Waals surface area contributed by atoms with E-state index in [1.54, 1.807) is 0 Å². The predicted octanol–water partition coefficient (Wildman–Crippen LogP) is -4.64. The second kappa shape index (κ2) is 10.8. The van der Waals surface area contributed by atoms with Crippen LogP contribution < -0.4 is 40.0 Å². The number of carboxylic acids is 1. The Labute approximate surface area is 115 Å². The molecular weight excluding hydrogens is 229 g/mol. The molecule has 5 nitrogen and oxygen atoms in total. The van der Waals surface area contributed by atoms with Crippen LogP contribution in [-0.2, 0) is 9.59 Å². The molecule has 0 spiro atoms. The molecule has 7 heteroatoms. The maximum absolute atomic E-state index is 10.6. The Bertz CT molecular complexity index is 203. The number of hydrogen-bond acceptors (Lipinski definition) is 5. The summed E-state index contributed by atoms with van der Waals surface area (Å²) in [5.41, 5.74) is 0. The monoisotopic (exact) mass is 243 g/mol. The Morgan fingerprint density at radius 2 is 2.13 bits per heavy atom. The van der Waals surface area contributed by atoms with Gasteiger partial charge >= 0.3 is 29.6 Å². The van der Waals surface area contributed by atoms with Crippen molar-refractivity contribution < 1.29 is 49.4 Å². The fourth-order valence-electron chi connectivity index (χ4n) is 0.782. The van der Waals surface area contributed by atoms with E-state index in [1.165, 1.54) is 18.7 Å². The maximum atomic E-state index is 10.6. The third kappa shape index (κ3) is 10.5. The van der Waals surface area contributed by atoms with E-state index >= 15 is 0 Å². The Hall–Kier alpha value is 0.250. The van der Waals surface area contributed by atoms with Crippen LogP contribution in [0.5, 0.6) is 0 Å². The van der Waals surface area contributed by atoms with Crippen LogP contribution in [0.15, 0.2) is 0 Å². The normalized spacial score (nSPS) is 11.3. The number of nitrogens with one attached hydrogen (secondary N) is 1. The van der Waals surface area contributed by atoms with Gasteiger partial charge < -0.3 is 20.3 Å². The molecule has 0 aromatic heterocycles. The second-order valence-corrected chi connectivity index (χ2v) is 3.87. The minimum Gasteiger partial charge on any atom is -0.548 e. The molecule has 0 fully saturated rings. The summed E-state index contributed by atoms with van der Waals surface area (Å²) in [6, 6.07) is -0.948. The number of carbonyl (C=O) groups is 2. The summed E-state index contributed by atoms with van der Waals surface area (Å²) in [5, 5.41) is 21.3. The van der Waals surface area contributed by atoms with Crippen LogP contribution in [0.1, 0.15) is 13.3 Å². The Morgan fingerprint density at radius 1 is 1.53 bits per heavy atom. The van der Waals surface area contributed by atoms with Crippen LogP contribution in [0.25, 0.3) is 0 Å². The number of carboxylic acid groups (broad SMARTS) is 1. The molecule has 1 atom stereocenters. The number of aliphatic hydroxyl groups excluding tert-OH is 1. The first-order valence-electron chi connectivity index (χ1n) is 4.24. The van der Waals surface area contributed by atoms with Crippen molar-refractivity contribution in [3.05, 3.63) is 0 Å². The number of hydrogen-bond donors (Lipinski definition) is 2. The summed E-state index contributed by atoms with van der Waals surface area (Å²) in [6.45, 7) is 1.34. The van der Waals surface area contributed by atoms with E-state index in [0.717, 1.165) is 0 Å². The van der Waals surface area contributed by atoms with Crippen molar-refractivity contribution in [1.82, 2.24) is 5.32 Å². The van der Waals surface area contributed by atoms with E-state index < -0.39 is 12.0 Å². The average Bonchev–Trinajstić information content (AvgIpc) is 2.09. The molecule has 0 aromatic rings. The summed E-state index contributed by atoms with van der Waals surface area (Å²) in [7, 11) is 0. The van der Waals surface area contributed by atoms with E-state index in [0.29, 0.717) is 12.2 Å². The Morgan fingerprint density at radius 3 is 2.53 bits per heavy atom. The third-order valence-corrected chi connectivity index (χ3v) is 2.54. The number of aliphatic carboxylic acids is 1. The summed E-state index contributed by atoms with van der Waals surface area (Å²) in [6.07, 6.45) is 0.616. The van der Waals surface area contributed by atoms with Gasteiger partial charge in [-0.25, -0.2) is 0 Å². The van der Waals surface area contributed by atoms with Gasteiger partial charge in [-0.1, -0.05) is 0 Å². The van der Waals surface area contributed by atoms with Crippen molar-refractivity contribution >= 4 is 23.6 Å². The Balaban J connectivity index is 0. The zero-order valence-electron chi connectivity index (χ0n) is 8.99. The molecule has 0 unspecified atom stereocenters. The molecule has 0 saturated heterocycles. The van der Waals surface area contributed by atoms with Crippen LogP contribution in [-0.4, -0.2) is 41.1 Å². The largest absolute Gasteiger partial charge is 1.00 e. The third-order valence-electron chi connectivity index (χ3n) is 1.39. The molecule has 2 N–H and O–H groups in total. The number of rotatable bonds is 7. The van der Waals surface area contributed by atoms with Gasteiger partial charge in [-0.15, -0.1) is 0 Å². The molecule has 0 aromatic carbocycles. The average molecular weight is 243 g/mol.